The van der Waals surface area contributed by atoms with Crippen molar-refractivity contribution in [2.75, 3.05) is 0 Å². The van der Waals surface area contributed by atoms with Crippen molar-refractivity contribution in [2.24, 2.45) is 7.05 Å². The van der Waals surface area contributed by atoms with E-state index in [4.69, 9.17) is 0 Å². The summed E-state index contributed by atoms with van der Waals surface area (Å²) in [5.74, 6) is 0. The van der Waals surface area contributed by atoms with Crippen LogP contribution in [0.3, 0.4) is 0 Å². The number of aromatic nitrogens is 2. The molecule has 2 rings (SSSR count). The molecule has 0 fully saturated rings. The summed E-state index contributed by atoms with van der Waals surface area (Å²) in [6.07, 6.45) is 3.87. The van der Waals surface area contributed by atoms with Crippen molar-refractivity contribution in [2.45, 2.75) is 0 Å². The molecule has 0 saturated carbocycles. The monoisotopic (exact) mass is 145 g/mol. The molecule has 0 radical (unpaired) electrons. The predicted molar refractivity (Wildman–Crippen MR) is 42.9 cm³/mol. The first-order valence-corrected chi connectivity index (χ1v) is 3.56. The van der Waals surface area contributed by atoms with Gasteiger partial charge in [-0.15, -0.1) is 0 Å². The Kier molecular flexibility index (Phi) is 1.32. The van der Waals surface area contributed by atoms with Crippen molar-refractivity contribution >= 4 is 10.9 Å². The maximum atomic E-state index is 4.24. The van der Waals surface area contributed by atoms with Crippen LogP contribution in [-0.4, -0.2) is 4.98 Å². The molecule has 2 nitrogen and oxygen atoms in total. The smallest absolute Gasteiger partial charge is 0.239 e. The molecule has 0 N–H and O–H groups in total. The fourth-order valence-electron chi connectivity index (χ4n) is 1.12. The molecule has 0 saturated heterocycles. The van der Waals surface area contributed by atoms with Gasteiger partial charge in [0.1, 0.15) is 6.20 Å². The number of para-hydroxylation sites is 1. The van der Waals surface area contributed by atoms with Crippen molar-refractivity contribution in [1.82, 2.24) is 4.98 Å². The number of nitrogens with zero attached hydrogens (tertiary/aromatic N) is 2. The van der Waals surface area contributed by atoms with Gasteiger partial charge in [0.05, 0.1) is 12.4 Å². The first-order valence-electron chi connectivity index (χ1n) is 3.56. The molecule has 0 amide bonds. The lowest BCUT2D eigenvalue weighted by atomic mass is 10.2. The second-order valence-corrected chi connectivity index (χ2v) is 2.60. The van der Waals surface area contributed by atoms with E-state index in [2.05, 4.69) is 17.2 Å². The Hall–Kier alpha value is -1.44. The summed E-state index contributed by atoms with van der Waals surface area (Å²) in [6, 6.07) is 8.08. The minimum absolute atomic E-state index is 1.05. The van der Waals surface area contributed by atoms with E-state index in [-0.39, 0.29) is 0 Å². The van der Waals surface area contributed by atoms with E-state index < -0.39 is 0 Å². The number of benzene rings is 1. The van der Waals surface area contributed by atoms with Gasteiger partial charge in [0, 0.05) is 0 Å². The van der Waals surface area contributed by atoms with Crippen molar-refractivity contribution in [1.29, 1.82) is 0 Å². The Balaban J connectivity index is 2.83. The number of rotatable bonds is 0. The van der Waals surface area contributed by atoms with E-state index in [0.29, 0.717) is 0 Å². The average molecular weight is 145 g/mol. The highest BCUT2D eigenvalue weighted by Crippen LogP contribution is 2.05. The van der Waals surface area contributed by atoms with Crippen LogP contribution in [0.5, 0.6) is 0 Å². The van der Waals surface area contributed by atoms with Gasteiger partial charge >= 0.3 is 0 Å². The SMILES string of the molecule is C[n+]1cnc2ccccc2c1. The van der Waals surface area contributed by atoms with Crippen molar-refractivity contribution in [3.63, 3.8) is 0 Å². The summed E-state index contributed by atoms with van der Waals surface area (Å²) in [5.41, 5.74) is 1.05. The van der Waals surface area contributed by atoms with Gasteiger partial charge in [-0.2, -0.15) is 0 Å². The van der Waals surface area contributed by atoms with Crippen molar-refractivity contribution < 1.29 is 4.57 Å². The molecular weight excluding hydrogens is 136 g/mol. The maximum absolute atomic E-state index is 4.24. The fraction of sp³-hybridized carbons (Fsp3) is 0.111. The van der Waals surface area contributed by atoms with Crippen LogP contribution in [0.25, 0.3) is 10.9 Å². The van der Waals surface area contributed by atoms with Gasteiger partial charge in [-0.3, -0.25) is 0 Å². The van der Waals surface area contributed by atoms with Gasteiger partial charge in [0.15, 0.2) is 5.52 Å². The lowest BCUT2D eigenvalue weighted by Crippen LogP contribution is -2.27. The van der Waals surface area contributed by atoms with Crippen LogP contribution in [0, 0.1) is 0 Å². The zero-order valence-corrected chi connectivity index (χ0v) is 6.36. The Bertz CT molecular complexity index is 382. The summed E-state index contributed by atoms with van der Waals surface area (Å²) in [6.45, 7) is 0. The number of hydrogen-bond donors (Lipinski definition) is 0. The zero-order valence-electron chi connectivity index (χ0n) is 6.36. The average Bonchev–Trinajstić information content (AvgIpc) is 2.04. The van der Waals surface area contributed by atoms with Crippen LogP contribution in [-0.2, 0) is 7.05 Å². The molecule has 11 heavy (non-hydrogen) atoms. The molecule has 0 aliphatic carbocycles. The summed E-state index contributed by atoms with van der Waals surface area (Å²) >= 11 is 0. The third-order valence-corrected chi connectivity index (χ3v) is 1.66. The minimum atomic E-state index is 1.05. The molecule has 54 valence electrons. The van der Waals surface area contributed by atoms with Gasteiger partial charge in [-0.1, -0.05) is 12.1 Å². The van der Waals surface area contributed by atoms with Crippen molar-refractivity contribution in [3.05, 3.63) is 36.8 Å². The Morgan fingerprint density at radius 1 is 1.27 bits per heavy atom. The molecule has 2 heteroatoms. The van der Waals surface area contributed by atoms with E-state index in [1.165, 1.54) is 5.39 Å². The van der Waals surface area contributed by atoms with Crippen molar-refractivity contribution in [3.8, 4) is 0 Å². The third kappa shape index (κ3) is 1.07. The standard InChI is InChI=1S/C9H9N2/c1-11-6-8-4-2-3-5-9(8)10-7-11/h2-7H,1H3/q+1. The molecule has 1 heterocycles. The molecule has 2 aromatic rings. The largest absolute Gasteiger partial charge is 0.286 e. The number of aryl methyl sites for hydroxylation is 1. The Morgan fingerprint density at radius 3 is 3.00 bits per heavy atom. The topological polar surface area (TPSA) is 16.8 Å². The van der Waals surface area contributed by atoms with E-state index in [9.17, 15) is 0 Å². The van der Waals surface area contributed by atoms with Gasteiger partial charge in [0.2, 0.25) is 0 Å². The van der Waals surface area contributed by atoms with E-state index in [1.54, 1.807) is 0 Å². The Morgan fingerprint density at radius 2 is 2.09 bits per heavy atom. The fourth-order valence-corrected chi connectivity index (χ4v) is 1.12. The highest BCUT2D eigenvalue weighted by atomic mass is 15.0. The summed E-state index contributed by atoms with van der Waals surface area (Å²) in [4.78, 5) is 4.24. The quantitative estimate of drug-likeness (QED) is 0.506. The molecule has 0 unspecified atom stereocenters. The van der Waals surface area contributed by atoms with Crippen LogP contribution in [0.15, 0.2) is 36.8 Å². The number of hydrogen-bond acceptors (Lipinski definition) is 1. The maximum Gasteiger partial charge on any atom is 0.286 e. The number of fused-ring (bicyclic) bond motifs is 1. The van der Waals surface area contributed by atoms with Gasteiger partial charge < -0.3 is 0 Å². The van der Waals surface area contributed by atoms with E-state index in [1.807, 2.05) is 36.1 Å². The Labute approximate surface area is 65.1 Å². The zero-order chi connectivity index (χ0) is 7.68. The molecule has 0 aliphatic rings. The molecule has 1 aromatic heterocycles. The van der Waals surface area contributed by atoms with Gasteiger partial charge in [-0.25, -0.2) is 4.57 Å². The second kappa shape index (κ2) is 2.31. The van der Waals surface area contributed by atoms with Crippen LogP contribution < -0.4 is 4.57 Å². The second-order valence-electron chi connectivity index (χ2n) is 2.60. The van der Waals surface area contributed by atoms with Crippen LogP contribution in [0.1, 0.15) is 0 Å². The minimum Gasteiger partial charge on any atom is -0.239 e. The lowest BCUT2D eigenvalue weighted by Gasteiger charge is -1.90. The first-order chi connectivity index (χ1) is 5.36. The van der Waals surface area contributed by atoms with Crippen LogP contribution in [0.2, 0.25) is 0 Å². The van der Waals surface area contributed by atoms with Gasteiger partial charge in [-0.05, 0) is 17.1 Å². The summed E-state index contributed by atoms with van der Waals surface area (Å²) < 4.78 is 1.95. The summed E-state index contributed by atoms with van der Waals surface area (Å²) in [7, 11) is 1.97. The molecule has 0 spiro atoms. The lowest BCUT2D eigenvalue weighted by molar-refractivity contribution is -0.673. The summed E-state index contributed by atoms with van der Waals surface area (Å²) in [5, 5.41) is 1.18. The highest BCUT2D eigenvalue weighted by Gasteiger charge is 1.98. The highest BCUT2D eigenvalue weighted by molar-refractivity contribution is 5.76. The third-order valence-electron chi connectivity index (χ3n) is 1.66. The molecule has 1 aromatic carbocycles. The molecule has 0 atom stereocenters. The first kappa shape index (κ1) is 6.28. The van der Waals surface area contributed by atoms with E-state index in [0.717, 1.165) is 5.52 Å². The predicted octanol–water partition coefficient (Wildman–Crippen LogP) is 1.06. The molecule has 0 bridgehead atoms. The molecule has 0 aliphatic heterocycles. The molecular formula is C9H9N2+. The van der Waals surface area contributed by atoms with Crippen LogP contribution >= 0.6 is 0 Å². The van der Waals surface area contributed by atoms with Crippen LogP contribution in [0.4, 0.5) is 0 Å². The van der Waals surface area contributed by atoms with Gasteiger partial charge in [0.25, 0.3) is 6.33 Å². The normalized spacial score (nSPS) is 10.3. The van der Waals surface area contributed by atoms with E-state index >= 15 is 0 Å².